The molecule has 10 nitrogen and oxygen atoms in total. The summed E-state index contributed by atoms with van der Waals surface area (Å²) in [5, 5.41) is 11.1. The topological polar surface area (TPSA) is 134 Å². The van der Waals surface area contributed by atoms with Gasteiger partial charge < -0.3 is 15.0 Å². The van der Waals surface area contributed by atoms with E-state index in [4.69, 9.17) is 9.72 Å². The van der Waals surface area contributed by atoms with Gasteiger partial charge in [-0.3, -0.25) is 19.9 Å². The molecule has 1 amide bonds. The first-order valence-corrected chi connectivity index (χ1v) is 12.5. The molecule has 0 spiro atoms. The van der Waals surface area contributed by atoms with Crippen LogP contribution in [0, 0.1) is 11.2 Å². The zero-order chi connectivity index (χ0) is 28.0. The molecule has 0 radical (unpaired) electrons. The van der Waals surface area contributed by atoms with Gasteiger partial charge in [0, 0.05) is 46.8 Å². The molecule has 5 heterocycles. The van der Waals surface area contributed by atoms with Crippen LogP contribution in [-0.2, 0) is 4.79 Å². The molecule has 6 aromatic rings. The molecule has 0 saturated carbocycles. The fraction of sp³-hybridized carbons (Fsp3) is 0.172. The lowest BCUT2D eigenvalue weighted by atomic mass is 9.95. The lowest BCUT2D eigenvalue weighted by molar-refractivity contribution is -0.123. The monoisotopic (exact) mass is 536 g/mol. The third kappa shape index (κ3) is 4.62. The predicted octanol–water partition coefficient (Wildman–Crippen LogP) is 5.76. The molecule has 6 rings (SSSR count). The van der Waals surface area contributed by atoms with E-state index >= 15 is 0 Å². The summed E-state index contributed by atoms with van der Waals surface area (Å²) in [5.74, 6) is 0.352. The first-order valence-electron chi connectivity index (χ1n) is 12.5. The Balaban J connectivity index is 1.40. The number of fused-ring (bicyclic) bond motifs is 2. The van der Waals surface area contributed by atoms with Crippen molar-refractivity contribution in [3.05, 3.63) is 67.0 Å². The molecular formula is C29H25FN8O2. The molecule has 1 aromatic carbocycles. The van der Waals surface area contributed by atoms with Crippen molar-refractivity contribution in [2.75, 3.05) is 12.4 Å². The van der Waals surface area contributed by atoms with Crippen LogP contribution >= 0.6 is 0 Å². The average molecular weight is 537 g/mol. The Hall–Kier alpha value is -5.19. The first-order chi connectivity index (χ1) is 19.2. The van der Waals surface area contributed by atoms with E-state index in [0.717, 1.165) is 22.0 Å². The Morgan fingerprint density at radius 1 is 0.975 bits per heavy atom. The molecule has 200 valence electrons. The summed E-state index contributed by atoms with van der Waals surface area (Å²) in [7, 11) is 1.48. The quantitative estimate of drug-likeness (QED) is 0.255. The number of rotatable bonds is 5. The number of imidazole rings is 1. The fourth-order valence-corrected chi connectivity index (χ4v) is 4.30. The van der Waals surface area contributed by atoms with Crippen LogP contribution in [-0.4, -0.2) is 48.1 Å². The van der Waals surface area contributed by atoms with Crippen molar-refractivity contribution in [3.63, 3.8) is 0 Å². The van der Waals surface area contributed by atoms with Gasteiger partial charge in [-0.1, -0.05) is 20.8 Å². The lowest BCUT2D eigenvalue weighted by Crippen LogP contribution is -2.27. The molecule has 0 unspecified atom stereocenters. The number of carbonyl (C=O) groups excluding carboxylic acids is 1. The molecular weight excluding hydrogens is 511 g/mol. The van der Waals surface area contributed by atoms with Crippen LogP contribution in [0.2, 0.25) is 0 Å². The minimum absolute atomic E-state index is 0.104. The maximum atomic E-state index is 14.2. The minimum atomic E-state index is -0.537. The number of aromatic amines is 2. The summed E-state index contributed by atoms with van der Waals surface area (Å²) in [6, 6.07) is 10.0. The second-order valence-electron chi connectivity index (χ2n) is 10.4. The van der Waals surface area contributed by atoms with E-state index in [1.807, 2.05) is 32.9 Å². The zero-order valence-corrected chi connectivity index (χ0v) is 22.2. The Morgan fingerprint density at radius 3 is 2.60 bits per heavy atom. The highest BCUT2D eigenvalue weighted by molar-refractivity contribution is 5.97. The van der Waals surface area contributed by atoms with Gasteiger partial charge in [0.2, 0.25) is 5.91 Å². The van der Waals surface area contributed by atoms with E-state index in [-0.39, 0.29) is 5.91 Å². The molecule has 40 heavy (non-hydrogen) atoms. The van der Waals surface area contributed by atoms with Crippen molar-refractivity contribution in [3.8, 4) is 39.7 Å². The number of ether oxygens (including phenoxy) is 1. The number of hydrogen-bond donors (Lipinski definition) is 3. The molecule has 0 bridgehead atoms. The summed E-state index contributed by atoms with van der Waals surface area (Å²) < 4.78 is 19.5. The van der Waals surface area contributed by atoms with Crippen LogP contribution in [0.1, 0.15) is 20.8 Å². The number of aromatic nitrogens is 7. The van der Waals surface area contributed by atoms with E-state index < -0.39 is 11.2 Å². The highest BCUT2D eigenvalue weighted by Gasteiger charge is 2.22. The standard InChI is InChI=1S/C29H25FN8O2/c1-29(2,3)28(39)34-19-8-16(12-31-14-19)17-10-21-24(37-38-26(21)33-13-17)27-35-22-5-6-32-23(25(22)36-27)15-7-18(30)11-20(9-15)40-4/h5-14H,1-4H3,(H,34,39)(H,35,36)(H,33,37,38). The lowest BCUT2D eigenvalue weighted by Gasteiger charge is -2.17. The number of nitrogens with zero attached hydrogens (tertiary/aromatic N) is 5. The fourth-order valence-electron chi connectivity index (χ4n) is 4.30. The van der Waals surface area contributed by atoms with E-state index in [1.165, 1.54) is 19.2 Å². The highest BCUT2D eigenvalue weighted by atomic mass is 19.1. The number of amides is 1. The van der Waals surface area contributed by atoms with Gasteiger partial charge >= 0.3 is 0 Å². The predicted molar refractivity (Wildman–Crippen MR) is 150 cm³/mol. The van der Waals surface area contributed by atoms with Crippen LogP contribution in [0.3, 0.4) is 0 Å². The van der Waals surface area contributed by atoms with Crippen LogP contribution in [0.4, 0.5) is 10.1 Å². The molecule has 0 aliphatic carbocycles. The van der Waals surface area contributed by atoms with Crippen LogP contribution < -0.4 is 10.1 Å². The van der Waals surface area contributed by atoms with Crippen molar-refractivity contribution in [2.24, 2.45) is 5.41 Å². The molecule has 0 aliphatic heterocycles. The number of hydrogen-bond acceptors (Lipinski definition) is 7. The Morgan fingerprint density at radius 2 is 1.80 bits per heavy atom. The number of pyridine rings is 3. The number of halogens is 1. The van der Waals surface area contributed by atoms with Crippen molar-refractivity contribution in [1.29, 1.82) is 0 Å². The molecule has 3 N–H and O–H groups in total. The second-order valence-corrected chi connectivity index (χ2v) is 10.4. The first kappa shape index (κ1) is 25.1. The van der Waals surface area contributed by atoms with Crippen LogP contribution in [0.5, 0.6) is 5.75 Å². The van der Waals surface area contributed by atoms with Gasteiger partial charge in [-0.15, -0.1) is 0 Å². The second kappa shape index (κ2) is 9.53. The maximum absolute atomic E-state index is 14.2. The van der Waals surface area contributed by atoms with E-state index in [0.29, 0.717) is 45.4 Å². The number of anilines is 1. The normalized spacial score (nSPS) is 11.7. The van der Waals surface area contributed by atoms with Gasteiger partial charge in [0.05, 0.1) is 35.6 Å². The van der Waals surface area contributed by atoms with Gasteiger partial charge in [-0.05, 0) is 30.3 Å². The van der Waals surface area contributed by atoms with Gasteiger partial charge in [-0.25, -0.2) is 14.4 Å². The smallest absolute Gasteiger partial charge is 0.229 e. The number of nitrogens with one attached hydrogen (secondary N) is 3. The number of methoxy groups -OCH3 is 1. The third-order valence-electron chi connectivity index (χ3n) is 6.43. The molecule has 0 saturated heterocycles. The van der Waals surface area contributed by atoms with E-state index in [9.17, 15) is 9.18 Å². The van der Waals surface area contributed by atoms with Gasteiger partial charge in [0.15, 0.2) is 11.5 Å². The SMILES string of the molecule is COc1cc(F)cc(-c2nccc3[nH]c(-c4n[nH]c5ncc(-c6cncc(NC(=O)C(C)(C)C)c6)cc45)nc23)c1. The maximum Gasteiger partial charge on any atom is 0.229 e. The molecule has 0 atom stereocenters. The number of benzene rings is 1. The largest absolute Gasteiger partial charge is 0.497 e. The van der Waals surface area contributed by atoms with Crippen molar-refractivity contribution < 1.29 is 13.9 Å². The molecule has 11 heteroatoms. The third-order valence-corrected chi connectivity index (χ3v) is 6.43. The molecule has 0 aliphatic rings. The van der Waals surface area contributed by atoms with E-state index in [2.05, 4.69) is 35.5 Å². The summed E-state index contributed by atoms with van der Waals surface area (Å²) >= 11 is 0. The highest BCUT2D eigenvalue weighted by Crippen LogP contribution is 2.33. The van der Waals surface area contributed by atoms with Crippen molar-refractivity contribution >= 4 is 33.7 Å². The van der Waals surface area contributed by atoms with Crippen molar-refractivity contribution in [2.45, 2.75) is 20.8 Å². The molecule has 0 fully saturated rings. The number of H-pyrrole nitrogens is 2. The van der Waals surface area contributed by atoms with Crippen LogP contribution in [0.15, 0.2) is 61.2 Å². The Kier molecular flexibility index (Phi) is 5.98. The summed E-state index contributed by atoms with van der Waals surface area (Å²) in [6.45, 7) is 5.55. The Bertz CT molecular complexity index is 1900. The van der Waals surface area contributed by atoms with Crippen LogP contribution in [0.25, 0.3) is 56.0 Å². The van der Waals surface area contributed by atoms with Gasteiger partial charge in [0.25, 0.3) is 0 Å². The summed E-state index contributed by atoms with van der Waals surface area (Å²) in [4.78, 5) is 33.9. The Labute approximate surface area is 228 Å². The minimum Gasteiger partial charge on any atom is -0.497 e. The van der Waals surface area contributed by atoms with Crippen molar-refractivity contribution in [1.82, 2.24) is 35.1 Å². The number of carbonyl (C=O) groups is 1. The molecule has 5 aromatic heterocycles. The summed E-state index contributed by atoms with van der Waals surface area (Å²) in [6.07, 6.45) is 6.67. The summed E-state index contributed by atoms with van der Waals surface area (Å²) in [5.41, 5.74) is 5.11. The van der Waals surface area contributed by atoms with Gasteiger partial charge in [-0.2, -0.15) is 5.10 Å². The van der Waals surface area contributed by atoms with Gasteiger partial charge in [0.1, 0.15) is 22.8 Å². The zero-order valence-electron chi connectivity index (χ0n) is 22.2. The van der Waals surface area contributed by atoms with E-state index in [1.54, 1.807) is 36.9 Å². The average Bonchev–Trinajstić information content (AvgIpc) is 3.56.